The molecule has 0 bridgehead atoms. The second kappa shape index (κ2) is 7.75. The van der Waals surface area contributed by atoms with E-state index in [1.165, 1.54) is 35.6 Å². The van der Waals surface area contributed by atoms with E-state index in [0.717, 1.165) is 0 Å². The standard InChI is InChI=1S/C18H26N2O5S/c1-12(2)19(4)26(24,25)16-9-7-14(8-10-16)17(21)20-11-15(18(22)23)6-5-13(20)3/h7-10,12-13,15H,5-6,11H2,1-4H3,(H,22,23). The fourth-order valence-electron chi connectivity index (χ4n) is 2.97. The van der Waals surface area contributed by atoms with Crippen molar-refractivity contribution in [2.75, 3.05) is 13.6 Å². The number of carbonyl (C=O) groups excluding carboxylic acids is 1. The van der Waals surface area contributed by atoms with Crippen LogP contribution in [0.5, 0.6) is 0 Å². The molecule has 1 fully saturated rings. The maximum absolute atomic E-state index is 12.8. The van der Waals surface area contributed by atoms with Gasteiger partial charge in [0.25, 0.3) is 5.91 Å². The summed E-state index contributed by atoms with van der Waals surface area (Å²) < 4.78 is 26.3. The van der Waals surface area contributed by atoms with Crippen LogP contribution in [0.1, 0.15) is 44.0 Å². The highest BCUT2D eigenvalue weighted by Crippen LogP contribution is 2.25. The molecule has 1 aliphatic rings. The molecule has 1 heterocycles. The third kappa shape index (κ3) is 4.07. The quantitative estimate of drug-likeness (QED) is 0.841. The van der Waals surface area contributed by atoms with Gasteiger partial charge in [-0.3, -0.25) is 9.59 Å². The molecule has 144 valence electrons. The second-order valence-corrected chi connectivity index (χ2v) is 9.06. The first-order chi connectivity index (χ1) is 12.1. The van der Waals surface area contributed by atoms with Crippen molar-refractivity contribution in [2.24, 2.45) is 5.92 Å². The van der Waals surface area contributed by atoms with E-state index in [1.807, 2.05) is 6.92 Å². The van der Waals surface area contributed by atoms with Gasteiger partial charge in [0.05, 0.1) is 10.8 Å². The van der Waals surface area contributed by atoms with Gasteiger partial charge in [0.2, 0.25) is 10.0 Å². The molecule has 1 aliphatic heterocycles. The van der Waals surface area contributed by atoms with Crippen molar-refractivity contribution in [1.82, 2.24) is 9.21 Å². The number of carboxylic acid groups (broad SMARTS) is 1. The zero-order valence-corrected chi connectivity index (χ0v) is 16.4. The molecular weight excluding hydrogens is 356 g/mol. The maximum Gasteiger partial charge on any atom is 0.308 e. The summed E-state index contributed by atoms with van der Waals surface area (Å²) in [5.74, 6) is -1.73. The van der Waals surface area contributed by atoms with Gasteiger partial charge >= 0.3 is 5.97 Å². The van der Waals surface area contributed by atoms with E-state index in [0.29, 0.717) is 18.4 Å². The maximum atomic E-state index is 12.8. The largest absolute Gasteiger partial charge is 0.481 e. The summed E-state index contributed by atoms with van der Waals surface area (Å²) in [5, 5.41) is 9.21. The van der Waals surface area contributed by atoms with Crippen LogP contribution >= 0.6 is 0 Å². The van der Waals surface area contributed by atoms with Crippen molar-refractivity contribution < 1.29 is 23.1 Å². The zero-order chi connectivity index (χ0) is 19.6. The summed E-state index contributed by atoms with van der Waals surface area (Å²) in [6.45, 7) is 5.63. The van der Waals surface area contributed by atoms with Crippen molar-refractivity contribution >= 4 is 21.9 Å². The lowest BCUT2D eigenvalue weighted by atomic mass is 9.93. The summed E-state index contributed by atoms with van der Waals surface area (Å²) in [7, 11) is -2.09. The van der Waals surface area contributed by atoms with E-state index in [2.05, 4.69) is 0 Å². The van der Waals surface area contributed by atoms with Crippen LogP contribution < -0.4 is 0 Å². The number of aliphatic carboxylic acids is 1. The van der Waals surface area contributed by atoms with Crippen LogP contribution in [0.3, 0.4) is 0 Å². The fraction of sp³-hybridized carbons (Fsp3) is 0.556. The monoisotopic (exact) mass is 382 g/mol. The molecule has 2 rings (SSSR count). The molecule has 1 aromatic rings. The number of likely N-dealkylation sites (tertiary alicyclic amines) is 1. The molecule has 2 atom stereocenters. The molecule has 1 amide bonds. The minimum atomic E-state index is -3.61. The number of benzene rings is 1. The van der Waals surface area contributed by atoms with Gasteiger partial charge < -0.3 is 10.0 Å². The molecule has 1 N–H and O–H groups in total. The first kappa shape index (κ1) is 20.4. The SMILES string of the molecule is CC1CCC(C(=O)O)CN1C(=O)c1ccc(S(=O)(=O)N(C)C(C)C)cc1. The van der Waals surface area contributed by atoms with Gasteiger partial charge in [-0.05, 0) is 57.9 Å². The molecule has 0 radical (unpaired) electrons. The molecule has 0 saturated carbocycles. The minimum absolute atomic E-state index is 0.0476. The number of amides is 1. The molecule has 7 nitrogen and oxygen atoms in total. The highest BCUT2D eigenvalue weighted by molar-refractivity contribution is 7.89. The molecule has 2 unspecified atom stereocenters. The summed E-state index contributed by atoms with van der Waals surface area (Å²) in [6.07, 6.45) is 1.19. The molecule has 26 heavy (non-hydrogen) atoms. The van der Waals surface area contributed by atoms with E-state index in [4.69, 9.17) is 0 Å². The van der Waals surface area contributed by atoms with Crippen LogP contribution in [0, 0.1) is 5.92 Å². The van der Waals surface area contributed by atoms with Crippen molar-refractivity contribution in [3.8, 4) is 0 Å². The number of rotatable bonds is 5. The Labute approximate surface area is 154 Å². The fourth-order valence-corrected chi connectivity index (χ4v) is 4.34. The molecule has 0 spiro atoms. The Morgan fingerprint density at radius 3 is 2.27 bits per heavy atom. The van der Waals surface area contributed by atoms with Gasteiger partial charge in [-0.15, -0.1) is 0 Å². The molecule has 0 aliphatic carbocycles. The lowest BCUT2D eigenvalue weighted by molar-refractivity contribution is -0.143. The number of carboxylic acids is 1. The Hall–Kier alpha value is -1.93. The Balaban J connectivity index is 2.22. The summed E-state index contributed by atoms with van der Waals surface area (Å²) >= 11 is 0. The van der Waals surface area contributed by atoms with Gasteiger partial charge in [-0.25, -0.2) is 8.42 Å². The highest BCUT2D eigenvalue weighted by atomic mass is 32.2. The Bertz CT molecular complexity index is 773. The third-order valence-electron chi connectivity index (χ3n) is 5.00. The minimum Gasteiger partial charge on any atom is -0.481 e. The average molecular weight is 382 g/mol. The summed E-state index contributed by atoms with van der Waals surface area (Å²) in [4.78, 5) is 25.7. The molecule has 8 heteroatoms. The van der Waals surface area contributed by atoms with Gasteiger partial charge in [0.1, 0.15) is 0 Å². The number of piperidine rings is 1. The van der Waals surface area contributed by atoms with Crippen LogP contribution in [0.4, 0.5) is 0 Å². The number of nitrogens with zero attached hydrogens (tertiary/aromatic N) is 2. The predicted octanol–water partition coefficient (Wildman–Crippen LogP) is 2.04. The van der Waals surface area contributed by atoms with E-state index in [1.54, 1.807) is 18.7 Å². The first-order valence-corrected chi connectivity index (χ1v) is 10.1. The van der Waals surface area contributed by atoms with Crippen LogP contribution in [0.25, 0.3) is 0 Å². The molecule has 0 aromatic heterocycles. The van der Waals surface area contributed by atoms with Crippen molar-refractivity contribution in [3.63, 3.8) is 0 Å². The Morgan fingerprint density at radius 1 is 1.19 bits per heavy atom. The van der Waals surface area contributed by atoms with Crippen LogP contribution in [0.2, 0.25) is 0 Å². The average Bonchev–Trinajstić information content (AvgIpc) is 2.60. The van der Waals surface area contributed by atoms with Crippen molar-refractivity contribution in [3.05, 3.63) is 29.8 Å². The second-order valence-electron chi connectivity index (χ2n) is 7.06. The lowest BCUT2D eigenvalue weighted by Gasteiger charge is -2.36. The Morgan fingerprint density at radius 2 is 1.77 bits per heavy atom. The van der Waals surface area contributed by atoms with Gasteiger partial charge in [0, 0.05) is 31.2 Å². The number of hydrogen-bond donors (Lipinski definition) is 1. The number of sulfonamides is 1. The van der Waals surface area contributed by atoms with Gasteiger partial charge in [-0.1, -0.05) is 0 Å². The van der Waals surface area contributed by atoms with Gasteiger partial charge in [-0.2, -0.15) is 4.31 Å². The summed E-state index contributed by atoms with van der Waals surface area (Å²) in [5.41, 5.74) is 0.356. The zero-order valence-electron chi connectivity index (χ0n) is 15.5. The highest BCUT2D eigenvalue weighted by Gasteiger charge is 2.33. The molecule has 1 saturated heterocycles. The predicted molar refractivity (Wildman–Crippen MR) is 97.4 cm³/mol. The van der Waals surface area contributed by atoms with Crippen LogP contribution in [-0.2, 0) is 14.8 Å². The Kier molecular flexibility index (Phi) is 6.08. The van der Waals surface area contributed by atoms with E-state index >= 15 is 0 Å². The van der Waals surface area contributed by atoms with Crippen LogP contribution in [0.15, 0.2) is 29.2 Å². The lowest BCUT2D eigenvalue weighted by Crippen LogP contribution is -2.47. The molecular formula is C18H26N2O5S. The first-order valence-electron chi connectivity index (χ1n) is 8.67. The van der Waals surface area contributed by atoms with Gasteiger partial charge in [0.15, 0.2) is 0 Å². The van der Waals surface area contributed by atoms with Crippen LogP contribution in [-0.4, -0.2) is 60.3 Å². The van der Waals surface area contributed by atoms with Crippen molar-refractivity contribution in [2.45, 2.75) is 50.6 Å². The van der Waals surface area contributed by atoms with E-state index < -0.39 is 21.9 Å². The van der Waals surface area contributed by atoms with E-state index in [-0.39, 0.29) is 29.4 Å². The number of carbonyl (C=O) groups is 2. The topological polar surface area (TPSA) is 95.0 Å². The van der Waals surface area contributed by atoms with E-state index in [9.17, 15) is 23.1 Å². The smallest absolute Gasteiger partial charge is 0.308 e. The summed E-state index contributed by atoms with van der Waals surface area (Å²) in [6, 6.07) is 5.59. The third-order valence-corrected chi connectivity index (χ3v) is 7.05. The number of hydrogen-bond acceptors (Lipinski definition) is 4. The molecule has 1 aromatic carbocycles. The van der Waals surface area contributed by atoms with Crippen molar-refractivity contribution in [1.29, 1.82) is 0 Å². The normalized spacial score (nSPS) is 21.2.